The molecule has 0 amide bonds. The molecule has 4 nitrogen and oxygen atoms in total. The minimum Gasteiger partial charge on any atom is -0.366 e. The van der Waals surface area contributed by atoms with Crippen LogP contribution in [0.2, 0.25) is 19.6 Å². The van der Waals surface area contributed by atoms with Crippen LogP contribution in [0.5, 0.6) is 0 Å². The molecule has 0 saturated heterocycles. The molecule has 0 aliphatic rings. The fourth-order valence-electron chi connectivity index (χ4n) is 1.91. The molecule has 0 fully saturated rings. The summed E-state index contributed by atoms with van der Waals surface area (Å²) in [5.74, 6) is 7.11. The molecule has 2 N–H and O–H groups in total. The number of benzene rings is 1. The van der Waals surface area contributed by atoms with Crippen LogP contribution < -0.4 is 4.72 Å². The van der Waals surface area contributed by atoms with E-state index in [2.05, 4.69) is 47.7 Å². The Kier molecular flexibility index (Phi) is 6.66. The van der Waals surface area contributed by atoms with Crippen LogP contribution in [0.3, 0.4) is 0 Å². The average Bonchev–Trinajstić information content (AvgIpc) is 2.52. The van der Waals surface area contributed by atoms with Gasteiger partial charge in [0.05, 0.1) is 10.9 Å². The maximum Gasteiger partial charge on any atom is 0.241 e. The predicted molar refractivity (Wildman–Crippen MR) is 104 cm³/mol. The smallest absolute Gasteiger partial charge is 0.241 e. The molecule has 0 bridgehead atoms. The molecule has 1 aromatic rings. The first kappa shape index (κ1) is 21.0. The van der Waals surface area contributed by atoms with Crippen LogP contribution in [0.1, 0.15) is 12.0 Å². The summed E-state index contributed by atoms with van der Waals surface area (Å²) in [6.07, 6.45) is 10.7. The summed E-state index contributed by atoms with van der Waals surface area (Å²) in [5.41, 5.74) is 1.98. The molecule has 0 unspecified atom stereocenters. The van der Waals surface area contributed by atoms with Gasteiger partial charge in [-0.3, -0.25) is 0 Å². The molecule has 6 heteroatoms. The highest BCUT2D eigenvalue weighted by molar-refractivity contribution is 7.89. The van der Waals surface area contributed by atoms with E-state index in [-0.39, 0.29) is 11.3 Å². The first-order chi connectivity index (χ1) is 11.4. The second-order valence-electron chi connectivity index (χ2n) is 6.80. The summed E-state index contributed by atoms with van der Waals surface area (Å²) < 4.78 is 27.6. The van der Waals surface area contributed by atoms with Crippen molar-refractivity contribution >= 4 is 18.1 Å². The third kappa shape index (κ3) is 6.09. The minimum atomic E-state index is -3.90. The van der Waals surface area contributed by atoms with Gasteiger partial charge in [-0.15, -0.1) is 24.3 Å². The van der Waals surface area contributed by atoms with E-state index in [1.165, 1.54) is 12.1 Å². The molecule has 0 spiro atoms. The Labute approximate surface area is 152 Å². The lowest BCUT2D eigenvalue weighted by Crippen LogP contribution is -2.51. The Hall–Kier alpha value is -2.01. The number of aliphatic hydroxyl groups is 1. The van der Waals surface area contributed by atoms with E-state index in [4.69, 9.17) is 12.8 Å². The summed E-state index contributed by atoms with van der Waals surface area (Å²) >= 11 is 0. The first-order valence-electron chi connectivity index (χ1n) is 7.70. The van der Waals surface area contributed by atoms with Crippen molar-refractivity contribution < 1.29 is 13.5 Å². The number of hydrogen-bond acceptors (Lipinski definition) is 3. The zero-order valence-corrected chi connectivity index (χ0v) is 16.7. The van der Waals surface area contributed by atoms with Crippen molar-refractivity contribution in [2.24, 2.45) is 0 Å². The Morgan fingerprint density at radius 3 is 2.16 bits per heavy atom. The number of terminal acetylenes is 2. The summed E-state index contributed by atoms with van der Waals surface area (Å²) in [7, 11) is -5.56. The Morgan fingerprint density at radius 1 is 1.20 bits per heavy atom. The van der Waals surface area contributed by atoms with Gasteiger partial charge in [0.1, 0.15) is 8.07 Å². The molecule has 25 heavy (non-hydrogen) atoms. The lowest BCUT2D eigenvalue weighted by Gasteiger charge is -2.26. The third-order valence-electron chi connectivity index (χ3n) is 3.34. The highest BCUT2D eigenvalue weighted by atomic mass is 32.2. The van der Waals surface area contributed by atoms with Crippen molar-refractivity contribution in [3.05, 3.63) is 29.8 Å². The zero-order chi connectivity index (χ0) is 19.3. The van der Waals surface area contributed by atoms with E-state index < -0.39 is 29.7 Å². The van der Waals surface area contributed by atoms with Crippen LogP contribution in [0.15, 0.2) is 29.2 Å². The second kappa shape index (κ2) is 7.91. The SMILES string of the molecule is C#CC(O)(C#C)[C@H](CC#C[Si](C)(C)C)NS(=O)(=O)c1ccc(C)cc1. The van der Waals surface area contributed by atoms with Crippen molar-refractivity contribution in [1.29, 1.82) is 0 Å². The lowest BCUT2D eigenvalue weighted by molar-refractivity contribution is 0.127. The van der Waals surface area contributed by atoms with Crippen molar-refractivity contribution in [2.75, 3.05) is 0 Å². The van der Waals surface area contributed by atoms with Crippen LogP contribution in [0.25, 0.3) is 0 Å². The molecular formula is C19H23NO3SSi. The summed E-state index contributed by atoms with van der Waals surface area (Å²) in [4.78, 5) is 0.0673. The van der Waals surface area contributed by atoms with Crippen molar-refractivity contribution in [2.45, 2.75) is 49.5 Å². The van der Waals surface area contributed by atoms with Gasteiger partial charge in [0, 0.05) is 6.42 Å². The number of hydrogen-bond donors (Lipinski definition) is 2. The maximum atomic E-state index is 12.6. The second-order valence-corrected chi connectivity index (χ2v) is 13.3. The molecule has 0 saturated carbocycles. The molecule has 1 aromatic carbocycles. The van der Waals surface area contributed by atoms with Gasteiger partial charge in [-0.2, -0.15) is 0 Å². The van der Waals surface area contributed by atoms with Gasteiger partial charge in [0.15, 0.2) is 0 Å². The molecule has 1 atom stereocenters. The average molecular weight is 374 g/mol. The van der Waals surface area contributed by atoms with E-state index in [9.17, 15) is 13.5 Å². The van der Waals surface area contributed by atoms with Crippen LogP contribution >= 0.6 is 0 Å². The van der Waals surface area contributed by atoms with Gasteiger partial charge in [0.2, 0.25) is 15.6 Å². The molecule has 132 valence electrons. The molecule has 0 aromatic heterocycles. The highest BCUT2D eigenvalue weighted by Crippen LogP contribution is 2.17. The van der Waals surface area contributed by atoms with Crippen molar-refractivity contribution in [3.63, 3.8) is 0 Å². The fraction of sp³-hybridized carbons (Fsp3) is 0.368. The van der Waals surface area contributed by atoms with E-state index in [0.717, 1.165) is 5.56 Å². The maximum absolute atomic E-state index is 12.6. The van der Waals surface area contributed by atoms with Gasteiger partial charge < -0.3 is 5.11 Å². The number of rotatable bonds is 5. The molecule has 1 rings (SSSR count). The van der Waals surface area contributed by atoms with Crippen LogP contribution in [0, 0.1) is 43.1 Å². The minimum absolute atomic E-state index is 0.0141. The number of sulfonamides is 1. The van der Waals surface area contributed by atoms with Gasteiger partial charge in [-0.1, -0.05) is 49.2 Å². The highest BCUT2D eigenvalue weighted by Gasteiger charge is 2.36. The zero-order valence-electron chi connectivity index (χ0n) is 14.9. The third-order valence-corrected chi connectivity index (χ3v) is 5.76. The van der Waals surface area contributed by atoms with Gasteiger partial charge in [-0.25, -0.2) is 13.1 Å². The van der Waals surface area contributed by atoms with Gasteiger partial charge in [0.25, 0.3) is 0 Å². The van der Waals surface area contributed by atoms with E-state index >= 15 is 0 Å². The summed E-state index contributed by atoms with van der Waals surface area (Å²) in [6.45, 7) is 8.02. The molecule has 0 aliphatic carbocycles. The quantitative estimate of drug-likeness (QED) is 0.612. The van der Waals surface area contributed by atoms with Crippen LogP contribution in [-0.4, -0.2) is 33.2 Å². The molecule has 0 radical (unpaired) electrons. The first-order valence-corrected chi connectivity index (χ1v) is 12.7. The Bertz CT molecular complexity index is 843. The van der Waals surface area contributed by atoms with Crippen molar-refractivity contribution in [3.8, 4) is 36.2 Å². The van der Waals surface area contributed by atoms with E-state index in [1.807, 2.05) is 6.92 Å². The normalized spacial score (nSPS) is 13.1. The Balaban J connectivity index is 3.20. The largest absolute Gasteiger partial charge is 0.366 e. The number of nitrogens with one attached hydrogen (secondary N) is 1. The Morgan fingerprint density at radius 2 is 1.72 bits per heavy atom. The predicted octanol–water partition coefficient (Wildman–Crippen LogP) is 1.91. The van der Waals surface area contributed by atoms with E-state index in [1.54, 1.807) is 12.1 Å². The molecular weight excluding hydrogens is 350 g/mol. The summed E-state index contributed by atoms with van der Waals surface area (Å²) in [5, 5.41) is 10.4. The lowest BCUT2D eigenvalue weighted by atomic mass is 9.94. The molecule has 0 aliphatic heterocycles. The fourth-order valence-corrected chi connectivity index (χ4v) is 3.80. The molecule has 0 heterocycles. The number of aryl methyl sites for hydroxylation is 1. The standard InChI is InChI=1S/C19H23NO3SSi/c1-7-19(21,8-2)18(10-9-15-25(4,5)6)20-24(22,23)17-13-11-16(3)12-14-17/h1-2,11-14,18,20-21H,10H2,3-6H3/t18-/m0/s1. The van der Waals surface area contributed by atoms with Crippen LogP contribution in [0.4, 0.5) is 0 Å². The van der Waals surface area contributed by atoms with Crippen LogP contribution in [-0.2, 0) is 10.0 Å². The summed E-state index contributed by atoms with van der Waals surface area (Å²) in [6, 6.07) is 5.21. The topological polar surface area (TPSA) is 66.4 Å². The monoisotopic (exact) mass is 373 g/mol. The van der Waals surface area contributed by atoms with Crippen molar-refractivity contribution in [1.82, 2.24) is 4.72 Å². The van der Waals surface area contributed by atoms with Gasteiger partial charge in [-0.05, 0) is 19.1 Å². The van der Waals surface area contributed by atoms with Gasteiger partial charge >= 0.3 is 0 Å². The van der Waals surface area contributed by atoms with E-state index in [0.29, 0.717) is 0 Å².